The minimum absolute atomic E-state index is 0.520. The summed E-state index contributed by atoms with van der Waals surface area (Å²) < 4.78 is 0. The molecule has 2 aliphatic rings. The highest BCUT2D eigenvalue weighted by molar-refractivity contribution is 5.61. The fourth-order valence-electron chi connectivity index (χ4n) is 5.02. The Labute approximate surface area is 177 Å². The van der Waals surface area contributed by atoms with Crippen molar-refractivity contribution >= 4 is 11.4 Å². The molecule has 0 aliphatic carbocycles. The van der Waals surface area contributed by atoms with Crippen molar-refractivity contribution in [3.63, 3.8) is 0 Å². The van der Waals surface area contributed by atoms with Gasteiger partial charge in [0, 0.05) is 30.5 Å². The van der Waals surface area contributed by atoms with Gasteiger partial charge in [0.1, 0.15) is 0 Å². The summed E-state index contributed by atoms with van der Waals surface area (Å²) in [6, 6.07) is 19.1. The molecular weight excluding hydrogens is 352 g/mol. The molecule has 0 spiro atoms. The summed E-state index contributed by atoms with van der Waals surface area (Å²) in [5, 5.41) is 0. The first kappa shape index (κ1) is 20.1. The number of para-hydroxylation sites is 2. The molecule has 0 aromatic heterocycles. The zero-order chi connectivity index (χ0) is 20.1. The topological polar surface area (TPSA) is 6.48 Å². The molecule has 2 aliphatic heterocycles. The number of fused-ring (bicyclic) bond motifs is 2. The van der Waals surface area contributed by atoms with Crippen LogP contribution in [-0.4, -0.2) is 25.2 Å². The Bertz CT molecular complexity index is 825. The second-order valence-corrected chi connectivity index (χ2v) is 8.64. The zero-order valence-electron chi connectivity index (χ0n) is 18.2. The van der Waals surface area contributed by atoms with Gasteiger partial charge < -0.3 is 9.80 Å². The Morgan fingerprint density at radius 1 is 0.793 bits per heavy atom. The highest BCUT2D eigenvalue weighted by Gasteiger charge is 2.29. The maximum atomic E-state index is 2.67. The van der Waals surface area contributed by atoms with Gasteiger partial charge in [0.25, 0.3) is 0 Å². The van der Waals surface area contributed by atoms with E-state index in [1.807, 2.05) is 0 Å². The summed E-state index contributed by atoms with van der Waals surface area (Å²) in [5.41, 5.74) is 5.96. The predicted octanol–water partition coefficient (Wildman–Crippen LogP) is 6.40. The first-order chi connectivity index (χ1) is 14.3. The summed E-state index contributed by atoms with van der Waals surface area (Å²) in [6.45, 7) is 6.93. The molecule has 2 unspecified atom stereocenters. The lowest BCUT2D eigenvalue weighted by molar-refractivity contribution is 0.604. The quantitative estimate of drug-likeness (QED) is 0.459. The molecule has 2 aromatic carbocycles. The number of hydrogen-bond donors (Lipinski definition) is 0. The number of benzene rings is 2. The maximum Gasteiger partial charge on any atom is 0.0514 e. The minimum atomic E-state index is 0.520. The molecule has 0 N–H and O–H groups in total. The molecule has 2 nitrogen and oxygen atoms in total. The lowest BCUT2D eigenvalue weighted by Crippen LogP contribution is -2.33. The van der Waals surface area contributed by atoms with Gasteiger partial charge in [-0.2, -0.15) is 0 Å². The fraction of sp³-hybridized carbons (Fsp3) is 0.481. The largest absolute Gasteiger partial charge is 0.368 e. The lowest BCUT2D eigenvalue weighted by Gasteiger charge is -2.28. The lowest BCUT2D eigenvalue weighted by atomic mass is 10.1. The van der Waals surface area contributed by atoms with Crippen LogP contribution in [0, 0.1) is 0 Å². The van der Waals surface area contributed by atoms with E-state index in [0.717, 1.165) is 12.8 Å². The number of unbranched alkanes of at least 4 members (excludes halogenated alkanes) is 2. The number of rotatable bonds is 9. The standard InChI is InChI=1S/C27H36N2/c1-3-5-18-28-24(20-22-12-7-9-16-26(22)28)14-11-15-25-21-23-13-8-10-17-27(23)29(25)19-6-4-2/h7-14,16-17,24-25H,3-6,15,18-21H2,1-2H3. The summed E-state index contributed by atoms with van der Waals surface area (Å²) in [6.07, 6.45) is 13.5. The van der Waals surface area contributed by atoms with Crippen LogP contribution >= 0.6 is 0 Å². The highest BCUT2D eigenvalue weighted by Crippen LogP contribution is 2.35. The molecule has 4 rings (SSSR count). The Morgan fingerprint density at radius 2 is 1.38 bits per heavy atom. The van der Waals surface area contributed by atoms with Crippen molar-refractivity contribution < 1.29 is 0 Å². The van der Waals surface area contributed by atoms with Crippen LogP contribution in [0.5, 0.6) is 0 Å². The number of nitrogens with zero attached hydrogens (tertiary/aromatic N) is 2. The van der Waals surface area contributed by atoms with Crippen LogP contribution in [0.1, 0.15) is 57.1 Å². The van der Waals surface area contributed by atoms with Gasteiger partial charge in [0.2, 0.25) is 0 Å². The molecule has 2 heteroatoms. The van der Waals surface area contributed by atoms with E-state index in [1.165, 1.54) is 67.7 Å². The molecule has 2 atom stereocenters. The molecular formula is C27H36N2. The van der Waals surface area contributed by atoms with Crippen LogP contribution in [0.2, 0.25) is 0 Å². The maximum absolute atomic E-state index is 2.67. The molecule has 2 aromatic rings. The molecule has 154 valence electrons. The van der Waals surface area contributed by atoms with E-state index in [-0.39, 0.29) is 0 Å². The van der Waals surface area contributed by atoms with Gasteiger partial charge >= 0.3 is 0 Å². The van der Waals surface area contributed by atoms with Crippen molar-refractivity contribution in [2.24, 2.45) is 0 Å². The molecule has 0 fully saturated rings. The van der Waals surface area contributed by atoms with Crippen LogP contribution in [-0.2, 0) is 12.8 Å². The third-order valence-corrected chi connectivity index (χ3v) is 6.60. The van der Waals surface area contributed by atoms with Gasteiger partial charge in [-0.15, -0.1) is 0 Å². The minimum Gasteiger partial charge on any atom is -0.368 e. The van der Waals surface area contributed by atoms with Gasteiger partial charge in [-0.1, -0.05) is 75.2 Å². The van der Waals surface area contributed by atoms with Crippen LogP contribution < -0.4 is 9.80 Å². The van der Waals surface area contributed by atoms with Crippen LogP contribution in [0.3, 0.4) is 0 Å². The average Bonchev–Trinajstić information content (AvgIpc) is 3.28. The van der Waals surface area contributed by atoms with E-state index in [9.17, 15) is 0 Å². The van der Waals surface area contributed by atoms with E-state index in [4.69, 9.17) is 0 Å². The second-order valence-electron chi connectivity index (χ2n) is 8.64. The predicted molar refractivity (Wildman–Crippen MR) is 126 cm³/mol. The van der Waals surface area contributed by atoms with Gasteiger partial charge in [-0.05, 0) is 55.4 Å². The van der Waals surface area contributed by atoms with Gasteiger partial charge in [0.15, 0.2) is 0 Å². The average molecular weight is 389 g/mol. The number of anilines is 2. The Hall–Kier alpha value is -2.22. The van der Waals surface area contributed by atoms with Crippen molar-refractivity contribution in [2.45, 2.75) is 70.9 Å². The third kappa shape index (κ3) is 4.37. The van der Waals surface area contributed by atoms with E-state index < -0.39 is 0 Å². The molecule has 2 heterocycles. The van der Waals surface area contributed by atoms with Crippen molar-refractivity contribution in [1.29, 1.82) is 0 Å². The third-order valence-electron chi connectivity index (χ3n) is 6.60. The highest BCUT2D eigenvalue weighted by atomic mass is 15.2. The molecule has 0 saturated carbocycles. The van der Waals surface area contributed by atoms with Gasteiger partial charge in [0.05, 0.1) is 6.04 Å². The Kier molecular flexibility index (Phi) is 6.59. The summed E-state index contributed by atoms with van der Waals surface area (Å²) in [7, 11) is 0. The van der Waals surface area contributed by atoms with Crippen molar-refractivity contribution in [1.82, 2.24) is 0 Å². The zero-order valence-corrected chi connectivity index (χ0v) is 18.2. The molecule has 0 amide bonds. The smallest absolute Gasteiger partial charge is 0.0514 e. The molecule has 0 bridgehead atoms. The SMILES string of the molecule is CCCCN1c2ccccc2CC1C=CCC1Cc2ccccc2N1CCCC. The van der Waals surface area contributed by atoms with Gasteiger partial charge in [-0.3, -0.25) is 0 Å². The van der Waals surface area contributed by atoms with Crippen LogP contribution in [0.15, 0.2) is 60.7 Å². The van der Waals surface area contributed by atoms with Crippen molar-refractivity contribution in [3.8, 4) is 0 Å². The first-order valence-corrected chi connectivity index (χ1v) is 11.7. The van der Waals surface area contributed by atoms with Crippen LogP contribution in [0.4, 0.5) is 11.4 Å². The van der Waals surface area contributed by atoms with E-state index in [0.29, 0.717) is 12.1 Å². The first-order valence-electron chi connectivity index (χ1n) is 11.7. The van der Waals surface area contributed by atoms with E-state index in [2.05, 4.69) is 84.3 Å². The monoisotopic (exact) mass is 388 g/mol. The van der Waals surface area contributed by atoms with Crippen molar-refractivity contribution in [2.75, 3.05) is 22.9 Å². The van der Waals surface area contributed by atoms with Crippen molar-refractivity contribution in [3.05, 3.63) is 71.8 Å². The van der Waals surface area contributed by atoms with Gasteiger partial charge in [-0.25, -0.2) is 0 Å². The summed E-state index contributed by atoms with van der Waals surface area (Å²) in [4.78, 5) is 5.30. The molecule has 0 radical (unpaired) electrons. The van der Waals surface area contributed by atoms with Crippen LogP contribution in [0.25, 0.3) is 0 Å². The normalized spacial score (nSPS) is 20.5. The van der Waals surface area contributed by atoms with E-state index >= 15 is 0 Å². The molecule has 29 heavy (non-hydrogen) atoms. The Balaban J connectivity index is 1.44. The number of hydrogen-bond acceptors (Lipinski definition) is 2. The van der Waals surface area contributed by atoms with E-state index in [1.54, 1.807) is 0 Å². The summed E-state index contributed by atoms with van der Waals surface area (Å²) >= 11 is 0. The molecule has 0 saturated heterocycles. The summed E-state index contributed by atoms with van der Waals surface area (Å²) in [5.74, 6) is 0. The second kappa shape index (κ2) is 9.52. The fourth-order valence-corrected chi connectivity index (χ4v) is 5.02. The Morgan fingerprint density at radius 3 is 2.07 bits per heavy atom.